The number of hydrogen-bond donors (Lipinski definition) is 1. The third-order valence-electron chi connectivity index (χ3n) is 7.09. The van der Waals surface area contributed by atoms with Crippen molar-refractivity contribution < 1.29 is 4.79 Å². The molecule has 4 aliphatic carbocycles. The van der Waals surface area contributed by atoms with E-state index in [1.807, 2.05) is 0 Å². The van der Waals surface area contributed by atoms with Crippen LogP contribution < -0.4 is 5.73 Å². The molecule has 3 heteroatoms. The summed E-state index contributed by atoms with van der Waals surface area (Å²) < 4.78 is 0. The second-order valence-corrected chi connectivity index (χ2v) is 9.31. The summed E-state index contributed by atoms with van der Waals surface area (Å²) in [5, 5.41) is 0. The maximum absolute atomic E-state index is 13.3. The Morgan fingerprint density at radius 1 is 1.05 bits per heavy atom. The van der Waals surface area contributed by atoms with Gasteiger partial charge in [-0.15, -0.1) is 0 Å². The van der Waals surface area contributed by atoms with Gasteiger partial charge in [-0.25, -0.2) is 0 Å². The SMILES string of the molecule is CC1(C)CN(C(=O)C23CC4CC(CC(C4)C2)C3)CCC1N. The standard InChI is InChI=1S/C18H30N2O/c1-17(2)11-20(4-3-15(17)19)16(21)18-8-12-5-13(9-18)7-14(6-12)10-18/h12-15H,3-11,19H2,1-2H3. The summed E-state index contributed by atoms with van der Waals surface area (Å²) in [6.45, 7) is 6.17. The number of nitrogens with zero attached hydrogens (tertiary/aromatic N) is 1. The highest BCUT2D eigenvalue weighted by Crippen LogP contribution is 2.60. The first kappa shape index (κ1) is 14.0. The second-order valence-electron chi connectivity index (χ2n) is 9.31. The number of amides is 1. The number of likely N-dealkylation sites (tertiary alicyclic amines) is 1. The molecule has 21 heavy (non-hydrogen) atoms. The van der Waals surface area contributed by atoms with Gasteiger partial charge in [-0.3, -0.25) is 4.79 Å². The van der Waals surface area contributed by atoms with Crippen LogP contribution in [0.3, 0.4) is 0 Å². The van der Waals surface area contributed by atoms with Crippen LogP contribution in [0.1, 0.15) is 58.8 Å². The maximum atomic E-state index is 13.3. The Bertz CT molecular complexity index is 421. The Balaban J connectivity index is 1.55. The van der Waals surface area contributed by atoms with Gasteiger partial charge in [0.25, 0.3) is 0 Å². The quantitative estimate of drug-likeness (QED) is 0.807. The minimum atomic E-state index is 0.0201. The molecule has 0 radical (unpaired) electrons. The number of carbonyl (C=O) groups excluding carboxylic acids is 1. The first-order chi connectivity index (χ1) is 9.88. The number of nitrogens with two attached hydrogens (primary N) is 1. The van der Waals surface area contributed by atoms with E-state index in [1.54, 1.807) is 0 Å². The Morgan fingerprint density at radius 3 is 2.05 bits per heavy atom. The van der Waals surface area contributed by atoms with Crippen LogP contribution in [-0.4, -0.2) is 29.9 Å². The molecule has 1 aliphatic heterocycles. The van der Waals surface area contributed by atoms with Gasteiger partial charge >= 0.3 is 0 Å². The van der Waals surface area contributed by atoms with Gasteiger partial charge in [-0.2, -0.15) is 0 Å². The van der Waals surface area contributed by atoms with Gasteiger partial charge in [-0.1, -0.05) is 13.8 Å². The maximum Gasteiger partial charge on any atom is 0.228 e. The fourth-order valence-electron chi connectivity index (χ4n) is 6.26. The summed E-state index contributed by atoms with van der Waals surface area (Å²) in [6, 6.07) is 0.234. The van der Waals surface area contributed by atoms with E-state index < -0.39 is 0 Å². The average molecular weight is 290 g/mol. The largest absolute Gasteiger partial charge is 0.342 e. The minimum absolute atomic E-state index is 0.0201. The zero-order valence-electron chi connectivity index (χ0n) is 13.6. The molecule has 1 heterocycles. The van der Waals surface area contributed by atoms with Gasteiger partial charge in [0.1, 0.15) is 0 Å². The van der Waals surface area contributed by atoms with Crippen LogP contribution in [0.4, 0.5) is 0 Å². The van der Waals surface area contributed by atoms with Crippen molar-refractivity contribution >= 4 is 5.91 Å². The van der Waals surface area contributed by atoms with Crippen molar-refractivity contribution in [3.63, 3.8) is 0 Å². The summed E-state index contributed by atoms with van der Waals surface area (Å²) in [4.78, 5) is 15.5. The van der Waals surface area contributed by atoms with Gasteiger partial charge in [-0.05, 0) is 68.1 Å². The predicted octanol–water partition coefficient (Wildman–Crippen LogP) is 2.79. The fourth-order valence-corrected chi connectivity index (χ4v) is 6.26. The molecule has 1 saturated heterocycles. The third kappa shape index (κ3) is 2.15. The minimum Gasteiger partial charge on any atom is -0.342 e. The van der Waals surface area contributed by atoms with Crippen molar-refractivity contribution in [2.75, 3.05) is 13.1 Å². The Morgan fingerprint density at radius 2 is 1.57 bits per heavy atom. The number of rotatable bonds is 1. The molecular weight excluding hydrogens is 260 g/mol. The van der Waals surface area contributed by atoms with E-state index in [4.69, 9.17) is 5.73 Å². The van der Waals surface area contributed by atoms with Gasteiger partial charge in [0.05, 0.1) is 5.41 Å². The molecule has 0 aromatic rings. The van der Waals surface area contributed by atoms with E-state index in [1.165, 1.54) is 38.5 Å². The highest BCUT2D eigenvalue weighted by molar-refractivity contribution is 5.83. The van der Waals surface area contributed by atoms with Crippen molar-refractivity contribution in [3.8, 4) is 0 Å². The molecule has 5 rings (SSSR count). The van der Waals surface area contributed by atoms with Gasteiger partial charge in [0, 0.05) is 19.1 Å². The molecule has 5 fully saturated rings. The highest BCUT2D eigenvalue weighted by atomic mass is 16.2. The fraction of sp³-hybridized carbons (Fsp3) is 0.944. The Kier molecular flexibility index (Phi) is 2.99. The molecule has 1 unspecified atom stereocenters. The zero-order chi connectivity index (χ0) is 14.8. The lowest BCUT2D eigenvalue weighted by atomic mass is 9.49. The molecule has 0 aromatic heterocycles. The summed E-state index contributed by atoms with van der Waals surface area (Å²) in [5.41, 5.74) is 6.33. The molecule has 5 aliphatic rings. The first-order valence-corrected chi connectivity index (χ1v) is 8.93. The summed E-state index contributed by atoms with van der Waals surface area (Å²) in [7, 11) is 0. The van der Waals surface area contributed by atoms with E-state index in [2.05, 4.69) is 18.7 Å². The third-order valence-corrected chi connectivity index (χ3v) is 7.09. The summed E-state index contributed by atoms with van der Waals surface area (Å²) in [5.74, 6) is 3.03. The Labute approximate surface area is 128 Å². The zero-order valence-corrected chi connectivity index (χ0v) is 13.6. The van der Waals surface area contributed by atoms with Crippen molar-refractivity contribution in [3.05, 3.63) is 0 Å². The van der Waals surface area contributed by atoms with Gasteiger partial charge in [0.15, 0.2) is 0 Å². The van der Waals surface area contributed by atoms with Crippen molar-refractivity contribution in [2.24, 2.45) is 34.3 Å². The van der Waals surface area contributed by atoms with Crippen LogP contribution in [0.5, 0.6) is 0 Å². The summed E-state index contributed by atoms with van der Waals surface area (Å²) in [6.07, 6.45) is 8.72. The van der Waals surface area contributed by atoms with Crippen LogP contribution in [0.15, 0.2) is 0 Å². The topological polar surface area (TPSA) is 46.3 Å². The molecule has 1 atom stereocenters. The molecule has 4 saturated carbocycles. The van der Waals surface area contributed by atoms with Crippen LogP contribution >= 0.6 is 0 Å². The van der Waals surface area contributed by atoms with E-state index in [0.717, 1.165) is 37.3 Å². The van der Waals surface area contributed by atoms with Crippen LogP contribution in [-0.2, 0) is 4.79 Å². The monoisotopic (exact) mass is 290 g/mol. The second kappa shape index (κ2) is 4.47. The number of carbonyl (C=O) groups is 1. The molecular formula is C18H30N2O. The lowest BCUT2D eigenvalue weighted by Crippen LogP contribution is -2.60. The summed E-state index contributed by atoms with van der Waals surface area (Å²) >= 11 is 0. The molecule has 118 valence electrons. The van der Waals surface area contributed by atoms with Crippen molar-refractivity contribution in [1.29, 1.82) is 0 Å². The molecule has 2 N–H and O–H groups in total. The normalized spacial score (nSPS) is 47.7. The van der Waals surface area contributed by atoms with Gasteiger partial charge in [0.2, 0.25) is 5.91 Å². The Hall–Kier alpha value is -0.570. The number of piperidine rings is 1. The average Bonchev–Trinajstić information content (AvgIpc) is 2.39. The smallest absolute Gasteiger partial charge is 0.228 e. The van der Waals surface area contributed by atoms with E-state index in [-0.39, 0.29) is 16.9 Å². The van der Waals surface area contributed by atoms with E-state index in [9.17, 15) is 4.79 Å². The number of hydrogen-bond acceptors (Lipinski definition) is 2. The molecule has 1 amide bonds. The van der Waals surface area contributed by atoms with Crippen LogP contribution in [0.2, 0.25) is 0 Å². The van der Waals surface area contributed by atoms with Crippen LogP contribution in [0.25, 0.3) is 0 Å². The van der Waals surface area contributed by atoms with Gasteiger partial charge < -0.3 is 10.6 Å². The highest BCUT2D eigenvalue weighted by Gasteiger charge is 2.56. The van der Waals surface area contributed by atoms with Crippen molar-refractivity contribution in [1.82, 2.24) is 4.90 Å². The molecule has 4 bridgehead atoms. The van der Waals surface area contributed by atoms with E-state index in [0.29, 0.717) is 5.91 Å². The molecule has 3 nitrogen and oxygen atoms in total. The molecule has 0 aromatic carbocycles. The molecule has 0 spiro atoms. The predicted molar refractivity (Wildman–Crippen MR) is 83.6 cm³/mol. The lowest BCUT2D eigenvalue weighted by Gasteiger charge is -2.57. The first-order valence-electron chi connectivity index (χ1n) is 8.93. The van der Waals surface area contributed by atoms with Crippen molar-refractivity contribution in [2.45, 2.75) is 64.8 Å². The van der Waals surface area contributed by atoms with Crippen LogP contribution in [0, 0.1) is 28.6 Å². The van der Waals surface area contributed by atoms with E-state index >= 15 is 0 Å². The lowest BCUT2D eigenvalue weighted by molar-refractivity contribution is -0.161.